The maximum atomic E-state index is 12.4. The van der Waals surface area contributed by atoms with Crippen molar-refractivity contribution in [3.05, 3.63) is 23.8 Å². The van der Waals surface area contributed by atoms with E-state index in [0.29, 0.717) is 30.9 Å². The highest BCUT2D eigenvalue weighted by Gasteiger charge is 2.31. The summed E-state index contributed by atoms with van der Waals surface area (Å²) in [5, 5.41) is 9.75. The summed E-state index contributed by atoms with van der Waals surface area (Å²) in [6, 6.07) is 4.74. The van der Waals surface area contributed by atoms with Crippen molar-refractivity contribution >= 4 is 5.91 Å². The Bertz CT molecular complexity index is 494. The van der Waals surface area contributed by atoms with E-state index < -0.39 is 0 Å². The molecule has 1 amide bonds. The van der Waals surface area contributed by atoms with Crippen LogP contribution in [0, 0.1) is 5.41 Å². The third-order valence-electron chi connectivity index (χ3n) is 4.18. The van der Waals surface area contributed by atoms with E-state index in [1.807, 2.05) is 4.90 Å². The molecule has 1 fully saturated rings. The zero-order valence-electron chi connectivity index (χ0n) is 12.1. The van der Waals surface area contributed by atoms with Crippen LogP contribution in [-0.4, -0.2) is 42.7 Å². The second-order valence-corrected chi connectivity index (χ2v) is 5.69. The molecule has 0 atom stereocenters. The Morgan fingerprint density at radius 1 is 1.45 bits per heavy atom. The van der Waals surface area contributed by atoms with Gasteiger partial charge in [0.25, 0.3) is 5.91 Å². The van der Waals surface area contributed by atoms with E-state index in [9.17, 15) is 9.90 Å². The van der Waals surface area contributed by atoms with Gasteiger partial charge in [-0.1, -0.05) is 6.92 Å². The molecule has 5 nitrogen and oxygen atoms in total. The number of carbonyl (C=O) groups is 1. The van der Waals surface area contributed by atoms with E-state index in [-0.39, 0.29) is 17.1 Å². The number of phenolic OH excluding ortho intramolecular Hbond substituents is 1. The lowest BCUT2D eigenvalue weighted by atomic mass is 9.80. The monoisotopic (exact) mass is 278 g/mol. The van der Waals surface area contributed by atoms with Gasteiger partial charge in [-0.25, -0.2) is 0 Å². The van der Waals surface area contributed by atoms with Crippen LogP contribution in [0.1, 0.15) is 30.1 Å². The first-order valence-electron chi connectivity index (χ1n) is 6.85. The Morgan fingerprint density at radius 3 is 2.60 bits per heavy atom. The first-order valence-corrected chi connectivity index (χ1v) is 6.85. The van der Waals surface area contributed by atoms with Crippen LogP contribution >= 0.6 is 0 Å². The molecule has 20 heavy (non-hydrogen) atoms. The molecule has 110 valence electrons. The van der Waals surface area contributed by atoms with Crippen molar-refractivity contribution in [3.63, 3.8) is 0 Å². The van der Waals surface area contributed by atoms with Crippen LogP contribution < -0.4 is 10.5 Å². The van der Waals surface area contributed by atoms with Gasteiger partial charge in [0.05, 0.1) is 7.11 Å². The average Bonchev–Trinajstić information content (AvgIpc) is 2.47. The highest BCUT2D eigenvalue weighted by atomic mass is 16.5. The van der Waals surface area contributed by atoms with Gasteiger partial charge in [-0.3, -0.25) is 4.79 Å². The molecule has 2 rings (SSSR count). The quantitative estimate of drug-likeness (QED) is 0.880. The molecule has 1 aliphatic rings. The number of hydrogen-bond acceptors (Lipinski definition) is 4. The molecule has 0 spiro atoms. The maximum Gasteiger partial charge on any atom is 0.253 e. The number of likely N-dealkylation sites (tertiary alicyclic amines) is 1. The Labute approximate surface area is 119 Å². The summed E-state index contributed by atoms with van der Waals surface area (Å²) in [4.78, 5) is 14.2. The zero-order chi connectivity index (χ0) is 14.8. The number of rotatable bonds is 3. The summed E-state index contributed by atoms with van der Waals surface area (Å²) in [6.45, 7) is 4.23. The van der Waals surface area contributed by atoms with Gasteiger partial charge in [0.1, 0.15) is 0 Å². The van der Waals surface area contributed by atoms with E-state index in [2.05, 4.69) is 6.92 Å². The van der Waals surface area contributed by atoms with E-state index >= 15 is 0 Å². The van der Waals surface area contributed by atoms with Crippen LogP contribution in [0.5, 0.6) is 11.5 Å². The lowest BCUT2D eigenvalue weighted by Gasteiger charge is -2.38. The highest BCUT2D eigenvalue weighted by Crippen LogP contribution is 2.31. The van der Waals surface area contributed by atoms with Crippen molar-refractivity contribution in [2.45, 2.75) is 19.8 Å². The highest BCUT2D eigenvalue weighted by molar-refractivity contribution is 5.95. The lowest BCUT2D eigenvalue weighted by Crippen LogP contribution is -2.44. The number of aromatic hydroxyl groups is 1. The standard InChI is InChI=1S/C15H22N2O3/c1-15(10-16)5-7-17(8-6-15)14(19)11-3-4-13(20-2)12(18)9-11/h3-4,9,18H,5-8,10,16H2,1-2H3. The van der Waals surface area contributed by atoms with E-state index in [1.165, 1.54) is 13.2 Å². The molecule has 3 N–H and O–H groups in total. The predicted octanol–water partition coefficient (Wildman–Crippen LogP) is 1.60. The summed E-state index contributed by atoms with van der Waals surface area (Å²) in [7, 11) is 1.48. The number of amides is 1. The third kappa shape index (κ3) is 2.88. The number of piperidine rings is 1. The van der Waals surface area contributed by atoms with Crippen LogP contribution in [-0.2, 0) is 0 Å². The van der Waals surface area contributed by atoms with Gasteiger partial charge in [0.15, 0.2) is 11.5 Å². The van der Waals surface area contributed by atoms with E-state index in [4.69, 9.17) is 10.5 Å². The second kappa shape index (κ2) is 5.71. The van der Waals surface area contributed by atoms with E-state index in [1.54, 1.807) is 12.1 Å². The molecular formula is C15H22N2O3. The van der Waals surface area contributed by atoms with Gasteiger partial charge in [-0.05, 0) is 43.0 Å². The van der Waals surface area contributed by atoms with Gasteiger partial charge < -0.3 is 20.5 Å². The first-order chi connectivity index (χ1) is 9.49. The van der Waals surface area contributed by atoms with Gasteiger partial charge in [0, 0.05) is 18.7 Å². The van der Waals surface area contributed by atoms with Crippen LogP contribution in [0.25, 0.3) is 0 Å². The molecule has 1 aliphatic heterocycles. The molecule has 5 heteroatoms. The van der Waals surface area contributed by atoms with Crippen molar-refractivity contribution in [1.82, 2.24) is 4.90 Å². The number of nitrogens with zero attached hydrogens (tertiary/aromatic N) is 1. The Hall–Kier alpha value is -1.75. The largest absolute Gasteiger partial charge is 0.504 e. The fourth-order valence-corrected chi connectivity index (χ4v) is 2.46. The van der Waals surface area contributed by atoms with Crippen molar-refractivity contribution in [2.75, 3.05) is 26.7 Å². The van der Waals surface area contributed by atoms with Crippen LogP contribution in [0.4, 0.5) is 0 Å². The van der Waals surface area contributed by atoms with Gasteiger partial charge in [0.2, 0.25) is 0 Å². The molecule has 0 aromatic heterocycles. The lowest BCUT2D eigenvalue weighted by molar-refractivity contribution is 0.0617. The van der Waals surface area contributed by atoms with Crippen LogP contribution in [0.15, 0.2) is 18.2 Å². The number of carbonyl (C=O) groups excluding carboxylic acids is 1. The smallest absolute Gasteiger partial charge is 0.253 e. The minimum atomic E-state index is -0.0537. The fourth-order valence-electron chi connectivity index (χ4n) is 2.46. The summed E-state index contributed by atoms with van der Waals surface area (Å²) in [5.74, 6) is 0.306. The molecule has 1 aromatic carbocycles. The molecule has 0 bridgehead atoms. The molecule has 1 aromatic rings. The molecule has 0 radical (unpaired) electrons. The molecular weight excluding hydrogens is 256 g/mol. The van der Waals surface area contributed by atoms with Crippen molar-refractivity contribution in [2.24, 2.45) is 11.1 Å². The second-order valence-electron chi connectivity index (χ2n) is 5.69. The predicted molar refractivity (Wildman–Crippen MR) is 77.0 cm³/mol. The van der Waals surface area contributed by atoms with Crippen LogP contribution in [0.3, 0.4) is 0 Å². The summed E-state index contributed by atoms with van der Waals surface area (Å²) in [6.07, 6.45) is 1.83. The number of methoxy groups -OCH3 is 1. The minimum Gasteiger partial charge on any atom is -0.504 e. The average molecular weight is 278 g/mol. The summed E-state index contributed by atoms with van der Waals surface area (Å²) < 4.78 is 4.98. The number of nitrogens with two attached hydrogens (primary N) is 1. The molecule has 0 unspecified atom stereocenters. The summed E-state index contributed by atoms with van der Waals surface area (Å²) in [5.41, 5.74) is 6.40. The fraction of sp³-hybridized carbons (Fsp3) is 0.533. The first kappa shape index (κ1) is 14.7. The Kier molecular flexibility index (Phi) is 4.18. The Morgan fingerprint density at radius 2 is 2.10 bits per heavy atom. The maximum absolute atomic E-state index is 12.4. The van der Waals surface area contributed by atoms with Gasteiger partial charge in [-0.15, -0.1) is 0 Å². The van der Waals surface area contributed by atoms with Crippen molar-refractivity contribution in [3.8, 4) is 11.5 Å². The van der Waals surface area contributed by atoms with Crippen LogP contribution in [0.2, 0.25) is 0 Å². The van der Waals surface area contributed by atoms with E-state index in [0.717, 1.165) is 12.8 Å². The number of phenols is 1. The Balaban J connectivity index is 2.07. The third-order valence-corrected chi connectivity index (χ3v) is 4.18. The van der Waals surface area contributed by atoms with Gasteiger partial charge in [-0.2, -0.15) is 0 Å². The zero-order valence-corrected chi connectivity index (χ0v) is 12.1. The van der Waals surface area contributed by atoms with Gasteiger partial charge >= 0.3 is 0 Å². The summed E-state index contributed by atoms with van der Waals surface area (Å²) >= 11 is 0. The normalized spacial score (nSPS) is 17.9. The minimum absolute atomic E-state index is 0.0119. The molecule has 0 aliphatic carbocycles. The molecule has 1 saturated heterocycles. The number of ether oxygens (including phenoxy) is 1. The molecule has 1 heterocycles. The topological polar surface area (TPSA) is 75.8 Å². The number of benzene rings is 1. The molecule has 0 saturated carbocycles. The SMILES string of the molecule is COc1ccc(C(=O)N2CCC(C)(CN)CC2)cc1O. The van der Waals surface area contributed by atoms with Crippen molar-refractivity contribution in [1.29, 1.82) is 0 Å². The van der Waals surface area contributed by atoms with Crippen molar-refractivity contribution < 1.29 is 14.6 Å². The number of hydrogen-bond donors (Lipinski definition) is 2.